The van der Waals surface area contributed by atoms with Gasteiger partial charge in [-0.2, -0.15) is 0 Å². The minimum absolute atomic E-state index is 0.148. The Morgan fingerprint density at radius 2 is 1.91 bits per heavy atom. The SMILES string of the molecule is CN(C)CC(=O)N1CCN(Cc2cc3nc(N4CCOC(c5cnc(N)nc5)C4)ncc3s2)CC1. The first-order chi connectivity index (χ1) is 16.9. The zero-order chi connectivity index (χ0) is 24.4. The molecule has 12 heteroatoms. The third kappa shape index (κ3) is 5.67. The van der Waals surface area contributed by atoms with Crippen LogP contribution < -0.4 is 10.6 Å². The number of morpholine rings is 1. The van der Waals surface area contributed by atoms with Gasteiger partial charge in [0.05, 0.1) is 36.1 Å². The third-order valence-corrected chi connectivity index (χ3v) is 7.32. The summed E-state index contributed by atoms with van der Waals surface area (Å²) in [7, 11) is 3.85. The van der Waals surface area contributed by atoms with Gasteiger partial charge in [0, 0.05) is 62.1 Å². The lowest BCUT2D eigenvalue weighted by molar-refractivity contribution is -0.133. The molecule has 0 radical (unpaired) electrons. The maximum absolute atomic E-state index is 12.3. The maximum Gasteiger partial charge on any atom is 0.236 e. The highest BCUT2D eigenvalue weighted by Gasteiger charge is 2.25. The Morgan fingerprint density at radius 3 is 2.66 bits per heavy atom. The molecule has 3 aromatic heterocycles. The van der Waals surface area contributed by atoms with Crippen molar-refractivity contribution in [3.63, 3.8) is 0 Å². The summed E-state index contributed by atoms with van der Waals surface area (Å²) in [5, 5.41) is 0. The van der Waals surface area contributed by atoms with Gasteiger partial charge in [0.1, 0.15) is 6.10 Å². The van der Waals surface area contributed by atoms with Crippen LogP contribution in [0.25, 0.3) is 10.2 Å². The largest absolute Gasteiger partial charge is 0.370 e. The lowest BCUT2D eigenvalue weighted by atomic mass is 10.1. The van der Waals surface area contributed by atoms with Crippen LogP contribution in [-0.2, 0) is 16.1 Å². The minimum atomic E-state index is -0.148. The van der Waals surface area contributed by atoms with E-state index >= 15 is 0 Å². The van der Waals surface area contributed by atoms with Crippen LogP contribution in [0.3, 0.4) is 0 Å². The van der Waals surface area contributed by atoms with Crippen LogP contribution in [0, 0.1) is 0 Å². The molecule has 2 fully saturated rings. The van der Waals surface area contributed by atoms with Crippen molar-refractivity contribution in [1.29, 1.82) is 0 Å². The van der Waals surface area contributed by atoms with E-state index in [0.29, 0.717) is 25.6 Å². The number of hydrogen-bond acceptors (Lipinski definition) is 11. The molecule has 2 aliphatic rings. The Hall–Kier alpha value is -2.93. The van der Waals surface area contributed by atoms with E-state index < -0.39 is 0 Å². The summed E-state index contributed by atoms with van der Waals surface area (Å²) in [5.41, 5.74) is 7.47. The van der Waals surface area contributed by atoms with Gasteiger partial charge in [-0.15, -0.1) is 11.3 Å². The highest BCUT2D eigenvalue weighted by molar-refractivity contribution is 7.18. The average Bonchev–Trinajstić information content (AvgIpc) is 3.26. The second-order valence-corrected chi connectivity index (χ2v) is 10.4. The molecule has 1 atom stereocenters. The molecule has 1 unspecified atom stereocenters. The fourth-order valence-corrected chi connectivity index (χ4v) is 5.42. The van der Waals surface area contributed by atoms with Crippen molar-refractivity contribution in [2.24, 2.45) is 0 Å². The van der Waals surface area contributed by atoms with Gasteiger partial charge in [-0.3, -0.25) is 9.69 Å². The molecule has 2 aliphatic heterocycles. The number of carbonyl (C=O) groups excluding carboxylic acids is 1. The molecule has 11 nitrogen and oxygen atoms in total. The van der Waals surface area contributed by atoms with Crippen LogP contribution in [-0.4, -0.2) is 107 Å². The van der Waals surface area contributed by atoms with Gasteiger partial charge < -0.3 is 25.2 Å². The van der Waals surface area contributed by atoms with Crippen molar-refractivity contribution >= 4 is 39.4 Å². The predicted molar refractivity (Wildman–Crippen MR) is 135 cm³/mol. The third-order valence-electron chi connectivity index (χ3n) is 6.28. The first kappa shape index (κ1) is 23.8. The number of hydrogen-bond donors (Lipinski definition) is 1. The molecule has 0 spiro atoms. The van der Waals surface area contributed by atoms with Crippen molar-refractivity contribution in [2.75, 3.05) is 77.1 Å². The number of nitrogens with two attached hydrogens (primary N) is 1. The van der Waals surface area contributed by atoms with Gasteiger partial charge in [0.2, 0.25) is 17.8 Å². The summed E-state index contributed by atoms with van der Waals surface area (Å²) in [6.45, 7) is 6.59. The van der Waals surface area contributed by atoms with E-state index in [0.717, 1.165) is 55.0 Å². The normalized spacial score (nSPS) is 19.6. The molecule has 2 saturated heterocycles. The van der Waals surface area contributed by atoms with Crippen LogP contribution in [0.2, 0.25) is 0 Å². The predicted octanol–water partition coefficient (Wildman–Crippen LogP) is 0.847. The van der Waals surface area contributed by atoms with Gasteiger partial charge in [0.15, 0.2) is 0 Å². The van der Waals surface area contributed by atoms with Crippen molar-refractivity contribution in [1.82, 2.24) is 34.6 Å². The van der Waals surface area contributed by atoms with Crippen molar-refractivity contribution in [3.05, 3.63) is 35.1 Å². The molecule has 3 aromatic rings. The zero-order valence-electron chi connectivity index (χ0n) is 20.1. The van der Waals surface area contributed by atoms with Crippen LogP contribution in [0.15, 0.2) is 24.7 Å². The van der Waals surface area contributed by atoms with E-state index in [-0.39, 0.29) is 18.0 Å². The molecule has 186 valence electrons. The first-order valence-corrected chi connectivity index (χ1v) is 12.6. The number of thiophene rings is 1. The van der Waals surface area contributed by atoms with Gasteiger partial charge in [-0.1, -0.05) is 0 Å². The Bertz CT molecular complexity index is 1160. The lowest BCUT2D eigenvalue weighted by Gasteiger charge is -2.35. The van der Waals surface area contributed by atoms with E-state index in [2.05, 4.69) is 30.8 Å². The molecule has 5 rings (SSSR count). The van der Waals surface area contributed by atoms with Crippen LogP contribution >= 0.6 is 11.3 Å². The minimum Gasteiger partial charge on any atom is -0.370 e. The van der Waals surface area contributed by atoms with Crippen LogP contribution in [0.4, 0.5) is 11.9 Å². The lowest BCUT2D eigenvalue weighted by Crippen LogP contribution is -2.50. The number of nitrogens with zero attached hydrogens (tertiary/aromatic N) is 8. The number of rotatable bonds is 6. The standard InChI is InChI=1S/C23H31N9O2S/c1-29(2)15-21(33)31-5-3-30(4-6-31)13-17-9-18-20(35-17)12-27-23(28-18)32-7-8-34-19(14-32)16-10-25-22(24)26-11-16/h9-12,19H,3-8,13-15H2,1-2H3,(H2,24,25,26). The van der Waals surface area contributed by atoms with Crippen LogP contribution in [0.5, 0.6) is 0 Å². The van der Waals surface area contributed by atoms with Gasteiger partial charge in [0.25, 0.3) is 0 Å². The molecule has 35 heavy (non-hydrogen) atoms. The zero-order valence-corrected chi connectivity index (χ0v) is 20.9. The molecule has 0 aromatic carbocycles. The maximum atomic E-state index is 12.3. The van der Waals surface area contributed by atoms with E-state index in [4.69, 9.17) is 15.5 Å². The summed E-state index contributed by atoms with van der Waals surface area (Å²) < 4.78 is 7.01. The van der Waals surface area contributed by atoms with Gasteiger partial charge >= 0.3 is 0 Å². The fourth-order valence-electron chi connectivity index (χ4n) is 4.40. The molecular weight excluding hydrogens is 466 g/mol. The van der Waals surface area contributed by atoms with Crippen molar-refractivity contribution < 1.29 is 9.53 Å². The number of aromatic nitrogens is 4. The molecular formula is C23H31N9O2S. The monoisotopic (exact) mass is 497 g/mol. The summed E-state index contributed by atoms with van der Waals surface area (Å²) in [6.07, 6.45) is 5.19. The number of amides is 1. The Kier molecular flexibility index (Phi) is 7.04. The van der Waals surface area contributed by atoms with E-state index in [9.17, 15) is 4.79 Å². The molecule has 0 aliphatic carbocycles. The number of nitrogen functional groups attached to an aromatic ring is 1. The van der Waals surface area contributed by atoms with Gasteiger partial charge in [-0.25, -0.2) is 19.9 Å². The summed E-state index contributed by atoms with van der Waals surface area (Å²) >= 11 is 1.74. The van der Waals surface area contributed by atoms with Gasteiger partial charge in [-0.05, 0) is 20.2 Å². The smallest absolute Gasteiger partial charge is 0.236 e. The summed E-state index contributed by atoms with van der Waals surface area (Å²) in [6, 6.07) is 2.17. The number of anilines is 2. The number of piperazine rings is 1. The second kappa shape index (κ2) is 10.4. The van der Waals surface area contributed by atoms with Crippen molar-refractivity contribution in [3.8, 4) is 0 Å². The fraction of sp³-hybridized carbons (Fsp3) is 0.522. The number of likely N-dealkylation sites (N-methyl/N-ethyl adjacent to an activating group) is 1. The number of ether oxygens (including phenoxy) is 1. The number of carbonyl (C=O) groups is 1. The van der Waals surface area contributed by atoms with Crippen molar-refractivity contribution in [2.45, 2.75) is 12.6 Å². The average molecular weight is 498 g/mol. The molecule has 0 saturated carbocycles. The van der Waals surface area contributed by atoms with E-state index in [1.165, 1.54) is 4.88 Å². The molecule has 1 amide bonds. The Morgan fingerprint density at radius 1 is 1.14 bits per heavy atom. The highest BCUT2D eigenvalue weighted by Crippen LogP contribution is 2.28. The topological polar surface area (TPSA) is 117 Å². The second-order valence-electron chi connectivity index (χ2n) is 9.21. The van der Waals surface area contributed by atoms with E-state index in [1.54, 1.807) is 23.7 Å². The Balaban J connectivity index is 1.21. The Labute approximate surface area is 208 Å². The first-order valence-electron chi connectivity index (χ1n) is 11.8. The summed E-state index contributed by atoms with van der Waals surface area (Å²) in [4.78, 5) is 39.7. The number of fused-ring (bicyclic) bond motifs is 1. The molecule has 0 bridgehead atoms. The van der Waals surface area contributed by atoms with Crippen LogP contribution in [0.1, 0.15) is 16.5 Å². The quantitative estimate of drug-likeness (QED) is 0.525. The summed E-state index contributed by atoms with van der Waals surface area (Å²) in [5.74, 6) is 1.16. The highest BCUT2D eigenvalue weighted by atomic mass is 32.1. The molecule has 5 heterocycles. The van der Waals surface area contributed by atoms with E-state index in [1.807, 2.05) is 30.1 Å². The molecule has 2 N–H and O–H groups in total.